The first kappa shape index (κ1) is 35.7. The Morgan fingerprint density at radius 3 is 2.13 bits per heavy atom. The summed E-state index contributed by atoms with van der Waals surface area (Å²) in [5.41, 5.74) is 0.645. The Morgan fingerprint density at radius 1 is 0.913 bits per heavy atom. The molecule has 0 aliphatic heterocycles. The third-order valence-electron chi connectivity index (χ3n) is 8.06. The Morgan fingerprint density at radius 2 is 1.54 bits per heavy atom. The summed E-state index contributed by atoms with van der Waals surface area (Å²) in [6, 6.07) is 14.3. The molecular weight excluding hydrogens is 673 g/mol. The maximum Gasteiger partial charge on any atom is 0.264 e. The summed E-state index contributed by atoms with van der Waals surface area (Å²) in [5.74, 6) is -0.396. The standard InChI is InChI=1S/C33H38Cl3N3O6S/c1-4-29(33(41)37-23-9-6-5-7-10-23)38(20-26-27(35)11-8-12-28(26)36)32(40)21-39(24-15-13-22(34)14-16-24)46(42,43)25-17-18-30(44-2)31(19-25)45-3/h8,11-19,23,29H,4-7,9-10,20-21H2,1-3H3,(H,37,41)/t29-/m1/s1. The van der Waals surface area contributed by atoms with Crippen LogP contribution >= 0.6 is 34.8 Å². The molecule has 1 fully saturated rings. The second-order valence-electron chi connectivity index (χ2n) is 11.0. The molecule has 1 aliphatic carbocycles. The minimum Gasteiger partial charge on any atom is -0.493 e. The normalized spacial score (nSPS) is 14.3. The maximum absolute atomic E-state index is 14.4. The molecule has 0 unspecified atom stereocenters. The van der Waals surface area contributed by atoms with Crippen LogP contribution in [0.5, 0.6) is 11.5 Å². The summed E-state index contributed by atoms with van der Waals surface area (Å²) in [5, 5.41) is 4.15. The van der Waals surface area contributed by atoms with Crippen LogP contribution in [0.3, 0.4) is 0 Å². The molecule has 0 heterocycles. The van der Waals surface area contributed by atoms with Crippen molar-refractivity contribution in [2.24, 2.45) is 0 Å². The molecule has 2 amide bonds. The summed E-state index contributed by atoms with van der Waals surface area (Å²) in [7, 11) is -1.52. The van der Waals surface area contributed by atoms with E-state index in [1.165, 1.54) is 61.6 Å². The van der Waals surface area contributed by atoms with E-state index in [2.05, 4.69) is 5.32 Å². The van der Waals surface area contributed by atoms with Crippen LogP contribution in [-0.4, -0.2) is 58.0 Å². The fourth-order valence-electron chi connectivity index (χ4n) is 5.56. The molecule has 1 saturated carbocycles. The largest absolute Gasteiger partial charge is 0.493 e. The lowest BCUT2D eigenvalue weighted by atomic mass is 9.95. The quantitative estimate of drug-likeness (QED) is 0.203. The van der Waals surface area contributed by atoms with Crippen molar-refractivity contribution >= 4 is 62.3 Å². The van der Waals surface area contributed by atoms with Crippen molar-refractivity contribution in [2.75, 3.05) is 25.1 Å². The molecule has 3 aromatic carbocycles. The van der Waals surface area contributed by atoms with Gasteiger partial charge in [-0.25, -0.2) is 8.42 Å². The average molecular weight is 711 g/mol. The molecule has 46 heavy (non-hydrogen) atoms. The van der Waals surface area contributed by atoms with Crippen LogP contribution in [0.2, 0.25) is 15.1 Å². The third kappa shape index (κ3) is 8.39. The average Bonchev–Trinajstić information content (AvgIpc) is 3.05. The Labute approximate surface area is 285 Å². The highest BCUT2D eigenvalue weighted by molar-refractivity contribution is 7.92. The molecule has 0 saturated heterocycles. The molecule has 9 nitrogen and oxygen atoms in total. The topological polar surface area (TPSA) is 105 Å². The Kier molecular flexibility index (Phi) is 12.5. The number of sulfonamides is 1. The zero-order valence-corrected chi connectivity index (χ0v) is 29.1. The molecule has 3 aromatic rings. The summed E-state index contributed by atoms with van der Waals surface area (Å²) in [6.45, 7) is 1.06. The van der Waals surface area contributed by atoms with E-state index >= 15 is 0 Å². The van der Waals surface area contributed by atoms with Gasteiger partial charge in [-0.05, 0) is 67.8 Å². The van der Waals surface area contributed by atoms with E-state index < -0.39 is 28.5 Å². The van der Waals surface area contributed by atoms with E-state index in [1.54, 1.807) is 25.1 Å². The smallest absolute Gasteiger partial charge is 0.264 e. The van der Waals surface area contributed by atoms with Crippen molar-refractivity contribution in [1.29, 1.82) is 0 Å². The van der Waals surface area contributed by atoms with Crippen LogP contribution in [0.25, 0.3) is 0 Å². The van der Waals surface area contributed by atoms with Crippen molar-refractivity contribution in [1.82, 2.24) is 10.2 Å². The summed E-state index contributed by atoms with van der Waals surface area (Å²) in [6.07, 6.45) is 5.15. The van der Waals surface area contributed by atoms with E-state index in [0.717, 1.165) is 36.4 Å². The number of hydrogen-bond donors (Lipinski definition) is 1. The number of amides is 2. The van der Waals surface area contributed by atoms with Gasteiger partial charge >= 0.3 is 0 Å². The van der Waals surface area contributed by atoms with Gasteiger partial charge in [0.1, 0.15) is 12.6 Å². The molecule has 4 rings (SSSR count). The number of anilines is 1. The van der Waals surface area contributed by atoms with Gasteiger partial charge in [0.05, 0.1) is 24.8 Å². The van der Waals surface area contributed by atoms with E-state index in [1.807, 2.05) is 0 Å². The van der Waals surface area contributed by atoms with Crippen LogP contribution in [0.15, 0.2) is 65.6 Å². The number of nitrogens with one attached hydrogen (secondary N) is 1. The highest BCUT2D eigenvalue weighted by Gasteiger charge is 2.35. The molecule has 248 valence electrons. The predicted octanol–water partition coefficient (Wildman–Crippen LogP) is 7.12. The van der Waals surface area contributed by atoms with Crippen molar-refractivity contribution in [3.63, 3.8) is 0 Å². The number of nitrogens with zero attached hydrogens (tertiary/aromatic N) is 2. The van der Waals surface area contributed by atoms with Gasteiger partial charge in [0.2, 0.25) is 11.8 Å². The lowest BCUT2D eigenvalue weighted by Gasteiger charge is -2.34. The first-order valence-electron chi connectivity index (χ1n) is 15.0. The van der Waals surface area contributed by atoms with Crippen LogP contribution < -0.4 is 19.1 Å². The van der Waals surface area contributed by atoms with E-state index in [-0.39, 0.29) is 41.2 Å². The highest BCUT2D eigenvalue weighted by Crippen LogP contribution is 2.33. The van der Waals surface area contributed by atoms with E-state index in [0.29, 0.717) is 26.4 Å². The molecule has 0 radical (unpaired) electrons. The summed E-state index contributed by atoms with van der Waals surface area (Å²) < 4.78 is 40.1. The molecule has 0 aromatic heterocycles. The fraction of sp³-hybridized carbons (Fsp3) is 0.394. The molecular formula is C33H38Cl3N3O6S. The summed E-state index contributed by atoms with van der Waals surface area (Å²) >= 11 is 19.2. The van der Waals surface area contributed by atoms with Gasteiger partial charge in [-0.2, -0.15) is 0 Å². The maximum atomic E-state index is 14.4. The van der Waals surface area contributed by atoms with Crippen LogP contribution in [0, 0.1) is 0 Å². The number of halogens is 3. The van der Waals surface area contributed by atoms with Crippen molar-refractivity contribution in [3.8, 4) is 11.5 Å². The molecule has 1 aliphatic rings. The monoisotopic (exact) mass is 709 g/mol. The van der Waals surface area contributed by atoms with Gasteiger partial charge in [-0.1, -0.05) is 67.1 Å². The predicted molar refractivity (Wildman–Crippen MR) is 182 cm³/mol. The molecule has 0 spiro atoms. The number of rotatable bonds is 13. The minimum absolute atomic E-state index is 0.00662. The van der Waals surface area contributed by atoms with E-state index in [9.17, 15) is 18.0 Å². The lowest BCUT2D eigenvalue weighted by molar-refractivity contribution is -0.140. The van der Waals surface area contributed by atoms with Gasteiger partial charge < -0.3 is 19.7 Å². The number of carbonyl (C=O) groups excluding carboxylic acids is 2. The molecule has 1 N–H and O–H groups in total. The van der Waals surface area contributed by atoms with Gasteiger partial charge in [0, 0.05) is 39.3 Å². The summed E-state index contributed by atoms with van der Waals surface area (Å²) in [4.78, 5) is 29.4. The van der Waals surface area contributed by atoms with Gasteiger partial charge in [0.25, 0.3) is 10.0 Å². The number of ether oxygens (including phenoxy) is 2. The molecule has 0 bridgehead atoms. The second-order valence-corrected chi connectivity index (χ2v) is 14.1. The first-order chi connectivity index (χ1) is 22.0. The van der Waals surface area contributed by atoms with Gasteiger partial charge in [0.15, 0.2) is 11.5 Å². The SMILES string of the molecule is CC[C@H](C(=O)NC1CCCCC1)N(Cc1c(Cl)cccc1Cl)C(=O)CN(c1ccc(Cl)cc1)S(=O)(=O)c1ccc(OC)c(OC)c1. The molecule has 13 heteroatoms. The Hall–Kier alpha value is -3.18. The Balaban J connectivity index is 1.76. The van der Waals surface area contributed by atoms with Crippen molar-refractivity contribution in [2.45, 2.75) is 69.0 Å². The molecule has 1 atom stereocenters. The van der Waals surface area contributed by atoms with Crippen LogP contribution in [0.1, 0.15) is 51.0 Å². The van der Waals surface area contributed by atoms with Gasteiger partial charge in [-0.3, -0.25) is 13.9 Å². The minimum atomic E-state index is -4.36. The van der Waals surface area contributed by atoms with Crippen LogP contribution in [-0.2, 0) is 26.2 Å². The third-order valence-corrected chi connectivity index (χ3v) is 10.8. The van der Waals surface area contributed by atoms with Crippen molar-refractivity contribution in [3.05, 3.63) is 81.3 Å². The van der Waals surface area contributed by atoms with E-state index in [4.69, 9.17) is 44.3 Å². The van der Waals surface area contributed by atoms with Crippen molar-refractivity contribution < 1.29 is 27.5 Å². The number of hydrogen-bond acceptors (Lipinski definition) is 6. The highest BCUT2D eigenvalue weighted by atomic mass is 35.5. The van der Waals surface area contributed by atoms with Crippen LogP contribution in [0.4, 0.5) is 5.69 Å². The zero-order chi connectivity index (χ0) is 33.4. The number of carbonyl (C=O) groups is 2. The second kappa shape index (κ2) is 16.1. The lowest BCUT2D eigenvalue weighted by Crippen LogP contribution is -2.54. The number of methoxy groups -OCH3 is 2. The number of benzene rings is 3. The zero-order valence-electron chi connectivity index (χ0n) is 26.0. The van der Waals surface area contributed by atoms with Gasteiger partial charge in [-0.15, -0.1) is 0 Å². The Bertz CT molecular complexity index is 1610. The fourth-order valence-corrected chi connectivity index (χ4v) is 7.63. The first-order valence-corrected chi connectivity index (χ1v) is 17.6.